The van der Waals surface area contributed by atoms with E-state index in [1.807, 2.05) is 50.2 Å². The second kappa shape index (κ2) is 10.2. The van der Waals surface area contributed by atoms with E-state index in [1.54, 1.807) is 23.1 Å². The van der Waals surface area contributed by atoms with E-state index in [-0.39, 0.29) is 18.1 Å². The summed E-state index contributed by atoms with van der Waals surface area (Å²) in [6.07, 6.45) is 1.55. The van der Waals surface area contributed by atoms with Crippen LogP contribution < -0.4 is 14.2 Å². The van der Waals surface area contributed by atoms with Crippen molar-refractivity contribution in [1.82, 2.24) is 9.80 Å². The quantitative estimate of drug-likeness (QED) is 0.343. The van der Waals surface area contributed by atoms with E-state index in [4.69, 9.17) is 14.2 Å². The summed E-state index contributed by atoms with van der Waals surface area (Å²) in [7, 11) is 3.92. The van der Waals surface area contributed by atoms with E-state index in [1.165, 1.54) is 0 Å². The van der Waals surface area contributed by atoms with Crippen LogP contribution in [0.15, 0.2) is 48.0 Å². The highest BCUT2D eigenvalue weighted by Gasteiger charge is 2.46. The Morgan fingerprint density at radius 3 is 2.71 bits per heavy atom. The molecule has 34 heavy (non-hydrogen) atoms. The van der Waals surface area contributed by atoms with Crippen LogP contribution in [0, 0.1) is 0 Å². The predicted octanol–water partition coefficient (Wildman–Crippen LogP) is 3.58. The highest BCUT2D eigenvalue weighted by molar-refractivity contribution is 6.46. The highest BCUT2D eigenvalue weighted by atomic mass is 16.7. The van der Waals surface area contributed by atoms with Gasteiger partial charge < -0.3 is 29.1 Å². The number of ketones is 1. The molecular formula is C26H30N2O6. The fourth-order valence-corrected chi connectivity index (χ4v) is 4.21. The summed E-state index contributed by atoms with van der Waals surface area (Å²) in [5.74, 6) is 0.141. The second-order valence-corrected chi connectivity index (χ2v) is 8.64. The number of amides is 1. The van der Waals surface area contributed by atoms with Crippen molar-refractivity contribution >= 4 is 17.4 Å². The van der Waals surface area contributed by atoms with Crippen molar-refractivity contribution in [3.05, 3.63) is 59.2 Å². The van der Waals surface area contributed by atoms with Gasteiger partial charge in [0.05, 0.1) is 18.2 Å². The van der Waals surface area contributed by atoms with Crippen molar-refractivity contribution in [3.63, 3.8) is 0 Å². The van der Waals surface area contributed by atoms with Gasteiger partial charge in [0.2, 0.25) is 6.79 Å². The molecule has 1 unspecified atom stereocenters. The van der Waals surface area contributed by atoms with Gasteiger partial charge in [0.1, 0.15) is 11.5 Å². The topological polar surface area (TPSA) is 88.5 Å². The first kappa shape index (κ1) is 23.6. The van der Waals surface area contributed by atoms with Crippen molar-refractivity contribution < 1.29 is 28.9 Å². The zero-order valence-electron chi connectivity index (χ0n) is 19.7. The number of carbonyl (C=O) groups excluding carboxylic acids is 2. The third kappa shape index (κ3) is 4.72. The van der Waals surface area contributed by atoms with Crippen LogP contribution >= 0.6 is 0 Å². The average Bonchev–Trinajstić information content (AvgIpc) is 3.40. The van der Waals surface area contributed by atoms with Gasteiger partial charge in [0, 0.05) is 12.1 Å². The zero-order valence-corrected chi connectivity index (χ0v) is 19.7. The number of carbonyl (C=O) groups is 2. The first-order chi connectivity index (χ1) is 16.4. The number of hydrogen-bond acceptors (Lipinski definition) is 7. The van der Waals surface area contributed by atoms with Crippen LogP contribution in [0.4, 0.5) is 0 Å². The lowest BCUT2D eigenvalue weighted by Crippen LogP contribution is -2.32. The molecule has 0 bridgehead atoms. The fraction of sp³-hybridized carbons (Fsp3) is 0.385. The summed E-state index contributed by atoms with van der Waals surface area (Å²) in [6, 6.07) is 11.6. The zero-order chi connectivity index (χ0) is 24.2. The molecule has 0 aliphatic carbocycles. The number of ether oxygens (including phenoxy) is 3. The van der Waals surface area contributed by atoms with Crippen molar-refractivity contribution in [2.45, 2.75) is 25.8 Å². The minimum absolute atomic E-state index is 0.0568. The van der Waals surface area contributed by atoms with Gasteiger partial charge in [-0.05, 0) is 69.4 Å². The SMILES string of the molecule is CCCOc1cccc(C2/C(=C(\O)c3ccc4c(c3)OCO4)C(=O)C(=O)N2CCCN(C)C)c1. The molecule has 1 atom stereocenters. The molecule has 2 aliphatic rings. The van der Waals surface area contributed by atoms with Crippen LogP contribution in [0.2, 0.25) is 0 Å². The van der Waals surface area contributed by atoms with Crippen molar-refractivity contribution in [2.75, 3.05) is 40.6 Å². The number of rotatable bonds is 9. The number of fused-ring (bicyclic) bond motifs is 1. The summed E-state index contributed by atoms with van der Waals surface area (Å²) in [6.45, 7) is 3.82. The van der Waals surface area contributed by atoms with Crippen LogP contribution in [0.3, 0.4) is 0 Å². The fourth-order valence-electron chi connectivity index (χ4n) is 4.21. The van der Waals surface area contributed by atoms with E-state index in [0.717, 1.165) is 13.0 Å². The molecule has 180 valence electrons. The van der Waals surface area contributed by atoms with Crippen LogP contribution in [-0.4, -0.2) is 67.2 Å². The molecule has 1 fully saturated rings. The molecule has 2 aliphatic heterocycles. The van der Waals surface area contributed by atoms with E-state index >= 15 is 0 Å². The average molecular weight is 467 g/mol. The molecular weight excluding hydrogens is 436 g/mol. The Morgan fingerprint density at radius 1 is 1.15 bits per heavy atom. The largest absolute Gasteiger partial charge is 0.507 e. The van der Waals surface area contributed by atoms with E-state index in [0.29, 0.717) is 47.9 Å². The molecule has 8 nitrogen and oxygen atoms in total. The number of likely N-dealkylation sites (tertiary alicyclic amines) is 1. The van der Waals surface area contributed by atoms with Gasteiger partial charge in [-0.1, -0.05) is 19.1 Å². The molecule has 0 radical (unpaired) electrons. The van der Waals surface area contributed by atoms with Gasteiger partial charge >= 0.3 is 0 Å². The molecule has 2 aromatic carbocycles. The number of Topliss-reactive ketones (excluding diaryl/α,β-unsaturated/α-hetero) is 1. The van der Waals surface area contributed by atoms with Crippen LogP contribution in [0.25, 0.3) is 5.76 Å². The number of benzene rings is 2. The van der Waals surface area contributed by atoms with Crippen molar-refractivity contribution in [2.24, 2.45) is 0 Å². The third-order valence-electron chi connectivity index (χ3n) is 5.84. The number of aliphatic hydroxyl groups is 1. The molecule has 0 saturated carbocycles. The molecule has 1 amide bonds. The molecule has 8 heteroatoms. The Labute approximate surface area is 199 Å². The van der Waals surface area contributed by atoms with Crippen molar-refractivity contribution in [1.29, 1.82) is 0 Å². The summed E-state index contributed by atoms with van der Waals surface area (Å²) in [4.78, 5) is 29.9. The standard InChI is InChI=1S/C26H30N2O6/c1-4-13-32-19-8-5-7-17(14-19)23-22(25(30)26(31)28(23)12-6-11-27(2)3)24(29)18-9-10-20-21(15-18)34-16-33-20/h5,7-10,14-15,23,29H,4,6,11-13,16H2,1-3H3/b24-22+. The molecule has 0 spiro atoms. The molecule has 2 aromatic rings. The maximum Gasteiger partial charge on any atom is 0.295 e. The monoisotopic (exact) mass is 466 g/mol. The van der Waals surface area contributed by atoms with Gasteiger partial charge in [-0.25, -0.2) is 0 Å². The smallest absolute Gasteiger partial charge is 0.295 e. The summed E-state index contributed by atoms with van der Waals surface area (Å²) < 4.78 is 16.6. The van der Waals surface area contributed by atoms with Crippen LogP contribution in [-0.2, 0) is 9.59 Å². The van der Waals surface area contributed by atoms with E-state index in [2.05, 4.69) is 0 Å². The second-order valence-electron chi connectivity index (χ2n) is 8.64. The Morgan fingerprint density at radius 2 is 1.94 bits per heavy atom. The Kier molecular flexibility index (Phi) is 7.07. The van der Waals surface area contributed by atoms with Gasteiger partial charge in [0.15, 0.2) is 11.5 Å². The Bertz CT molecular complexity index is 1110. The predicted molar refractivity (Wildman–Crippen MR) is 127 cm³/mol. The van der Waals surface area contributed by atoms with Gasteiger partial charge in [0.25, 0.3) is 11.7 Å². The number of hydrogen-bond donors (Lipinski definition) is 1. The maximum absolute atomic E-state index is 13.2. The number of aliphatic hydroxyl groups excluding tert-OH is 1. The van der Waals surface area contributed by atoms with Gasteiger partial charge in [-0.2, -0.15) is 0 Å². The summed E-state index contributed by atoms with van der Waals surface area (Å²) in [5.41, 5.74) is 1.15. The molecule has 1 saturated heterocycles. The van der Waals surface area contributed by atoms with Crippen molar-refractivity contribution in [3.8, 4) is 17.2 Å². The maximum atomic E-state index is 13.2. The Balaban J connectivity index is 1.77. The van der Waals surface area contributed by atoms with Gasteiger partial charge in [-0.3, -0.25) is 9.59 Å². The lowest BCUT2D eigenvalue weighted by atomic mass is 9.95. The highest BCUT2D eigenvalue weighted by Crippen LogP contribution is 2.42. The molecule has 0 aromatic heterocycles. The minimum Gasteiger partial charge on any atom is -0.507 e. The first-order valence-electron chi connectivity index (χ1n) is 11.5. The van der Waals surface area contributed by atoms with Crippen LogP contribution in [0.5, 0.6) is 17.2 Å². The van der Waals surface area contributed by atoms with Gasteiger partial charge in [-0.15, -0.1) is 0 Å². The lowest BCUT2D eigenvalue weighted by Gasteiger charge is -2.26. The first-order valence-corrected chi connectivity index (χ1v) is 11.5. The summed E-state index contributed by atoms with van der Waals surface area (Å²) >= 11 is 0. The molecule has 4 rings (SSSR count). The van der Waals surface area contributed by atoms with Crippen LogP contribution in [0.1, 0.15) is 36.9 Å². The molecule has 1 N–H and O–H groups in total. The third-order valence-corrected chi connectivity index (χ3v) is 5.84. The lowest BCUT2D eigenvalue weighted by molar-refractivity contribution is -0.139. The Hall–Kier alpha value is -3.52. The molecule has 2 heterocycles. The van der Waals surface area contributed by atoms with E-state index in [9.17, 15) is 14.7 Å². The minimum atomic E-state index is -0.724. The summed E-state index contributed by atoms with van der Waals surface area (Å²) in [5, 5.41) is 11.3. The normalized spacial score (nSPS) is 18.7. The number of nitrogens with zero attached hydrogens (tertiary/aromatic N) is 2. The van der Waals surface area contributed by atoms with E-state index < -0.39 is 17.7 Å².